The fraction of sp³-hybridized carbons (Fsp3) is 0.176. The van der Waals surface area contributed by atoms with Gasteiger partial charge in [0, 0.05) is 19.7 Å². The summed E-state index contributed by atoms with van der Waals surface area (Å²) in [6, 6.07) is 9.47. The van der Waals surface area contributed by atoms with Gasteiger partial charge in [-0.3, -0.25) is 0 Å². The van der Waals surface area contributed by atoms with Gasteiger partial charge in [0.15, 0.2) is 5.82 Å². The van der Waals surface area contributed by atoms with Crippen molar-refractivity contribution in [2.45, 2.75) is 0 Å². The van der Waals surface area contributed by atoms with E-state index < -0.39 is 0 Å². The zero-order valence-corrected chi connectivity index (χ0v) is 13.6. The minimum atomic E-state index is 0.0565. The van der Waals surface area contributed by atoms with Crippen LogP contribution in [0.3, 0.4) is 0 Å². The number of rotatable bonds is 6. The Morgan fingerprint density at radius 2 is 2.08 bits per heavy atom. The molecule has 0 spiro atoms. The number of aromatic nitrogens is 3. The molecule has 122 valence electrons. The molecule has 2 aromatic rings. The van der Waals surface area contributed by atoms with Crippen LogP contribution in [-0.4, -0.2) is 35.7 Å². The summed E-state index contributed by atoms with van der Waals surface area (Å²) < 4.78 is 5.60. The molecule has 7 heteroatoms. The Balaban J connectivity index is 2.48. The number of hydrogen-bond donors (Lipinski definition) is 1. The Kier molecular flexibility index (Phi) is 5.47. The van der Waals surface area contributed by atoms with E-state index >= 15 is 0 Å². The van der Waals surface area contributed by atoms with E-state index in [9.17, 15) is 5.26 Å². The smallest absolute Gasteiger partial charge is 0.230 e. The summed E-state index contributed by atoms with van der Waals surface area (Å²) in [5.74, 6) is 1.29. The number of benzene rings is 1. The van der Waals surface area contributed by atoms with Crippen LogP contribution in [0.25, 0.3) is 11.6 Å². The quantitative estimate of drug-likeness (QED) is 0.642. The Hall–Kier alpha value is -3.40. The zero-order valence-electron chi connectivity index (χ0n) is 13.6. The highest BCUT2D eigenvalue weighted by Crippen LogP contribution is 2.24. The van der Waals surface area contributed by atoms with Crippen LogP contribution >= 0.6 is 0 Å². The van der Waals surface area contributed by atoms with Gasteiger partial charge in [-0.2, -0.15) is 20.2 Å². The van der Waals surface area contributed by atoms with Crippen molar-refractivity contribution >= 4 is 23.5 Å². The molecule has 1 aromatic carbocycles. The molecule has 0 unspecified atom stereocenters. The first-order valence-electron chi connectivity index (χ1n) is 7.19. The highest BCUT2D eigenvalue weighted by Gasteiger charge is 2.12. The van der Waals surface area contributed by atoms with Crippen LogP contribution in [0.1, 0.15) is 11.4 Å². The summed E-state index contributed by atoms with van der Waals surface area (Å²) in [5, 5.41) is 9.50. The van der Waals surface area contributed by atoms with Gasteiger partial charge < -0.3 is 15.4 Å². The fourth-order valence-electron chi connectivity index (χ4n) is 1.88. The zero-order chi connectivity index (χ0) is 17.5. The molecule has 2 N–H and O–H groups in total. The molecule has 7 nitrogen and oxygen atoms in total. The Bertz CT molecular complexity index is 807. The Morgan fingerprint density at radius 1 is 1.33 bits per heavy atom. The molecule has 1 aromatic heterocycles. The van der Waals surface area contributed by atoms with E-state index in [1.165, 1.54) is 0 Å². The largest absolute Gasteiger partial charge is 0.489 e. The molecule has 0 fully saturated rings. The molecular formula is C17H18N6O. The van der Waals surface area contributed by atoms with Gasteiger partial charge in [-0.05, 0) is 12.1 Å². The van der Waals surface area contributed by atoms with Crippen molar-refractivity contribution in [3.63, 3.8) is 0 Å². The predicted octanol–water partition coefficient (Wildman–Crippen LogP) is 2.15. The first-order valence-corrected chi connectivity index (χ1v) is 7.19. The first-order chi connectivity index (χ1) is 11.5. The van der Waals surface area contributed by atoms with E-state index in [2.05, 4.69) is 27.6 Å². The summed E-state index contributed by atoms with van der Waals surface area (Å²) in [5.41, 5.74) is 6.72. The average molecular weight is 322 g/mol. The van der Waals surface area contributed by atoms with Crippen LogP contribution in [0.15, 0.2) is 36.9 Å². The third kappa shape index (κ3) is 4.08. The SMILES string of the molecule is C=CCOc1ccccc1/C=C(/C#N)c1nc(N)nc(N(C)C)n1. The molecule has 1 heterocycles. The second-order valence-corrected chi connectivity index (χ2v) is 5.02. The lowest BCUT2D eigenvalue weighted by Crippen LogP contribution is -2.15. The lowest BCUT2D eigenvalue weighted by atomic mass is 10.1. The van der Waals surface area contributed by atoms with Gasteiger partial charge in [-0.15, -0.1) is 0 Å². The van der Waals surface area contributed by atoms with E-state index in [-0.39, 0.29) is 17.3 Å². The lowest BCUT2D eigenvalue weighted by Gasteiger charge is -2.11. The average Bonchev–Trinajstić information content (AvgIpc) is 2.58. The maximum Gasteiger partial charge on any atom is 0.230 e. The monoisotopic (exact) mass is 322 g/mol. The molecule has 0 amide bonds. The van der Waals surface area contributed by atoms with Gasteiger partial charge in [0.1, 0.15) is 18.4 Å². The van der Waals surface area contributed by atoms with Gasteiger partial charge in [0.25, 0.3) is 0 Å². The maximum absolute atomic E-state index is 9.50. The normalized spacial score (nSPS) is 10.8. The van der Waals surface area contributed by atoms with Crippen molar-refractivity contribution in [3.8, 4) is 11.8 Å². The second kappa shape index (κ2) is 7.74. The molecular weight excluding hydrogens is 304 g/mol. The van der Waals surface area contributed by atoms with Gasteiger partial charge in [0.05, 0.1) is 5.57 Å². The summed E-state index contributed by atoms with van der Waals surface area (Å²) in [6.45, 7) is 4.00. The van der Waals surface area contributed by atoms with Crippen molar-refractivity contribution in [2.75, 3.05) is 31.3 Å². The summed E-state index contributed by atoms with van der Waals surface area (Å²) in [6.07, 6.45) is 3.31. The van der Waals surface area contributed by atoms with Gasteiger partial charge in [-0.25, -0.2) is 0 Å². The van der Waals surface area contributed by atoms with E-state index in [0.29, 0.717) is 18.3 Å². The van der Waals surface area contributed by atoms with Crippen LogP contribution in [0.2, 0.25) is 0 Å². The van der Waals surface area contributed by atoms with E-state index in [1.807, 2.05) is 24.3 Å². The summed E-state index contributed by atoms with van der Waals surface area (Å²) in [4.78, 5) is 14.0. The van der Waals surface area contributed by atoms with E-state index in [0.717, 1.165) is 5.56 Å². The van der Waals surface area contributed by atoms with Crippen molar-refractivity contribution in [1.29, 1.82) is 5.26 Å². The molecule has 0 saturated heterocycles. The van der Waals surface area contributed by atoms with Gasteiger partial charge in [0.2, 0.25) is 11.9 Å². The van der Waals surface area contributed by atoms with E-state index in [1.54, 1.807) is 31.1 Å². The van der Waals surface area contributed by atoms with Crippen molar-refractivity contribution in [2.24, 2.45) is 0 Å². The molecule has 0 aliphatic rings. The van der Waals surface area contributed by atoms with Crippen molar-refractivity contribution in [3.05, 3.63) is 48.3 Å². The molecule has 0 aliphatic carbocycles. The number of anilines is 2. The van der Waals surface area contributed by atoms with Crippen LogP contribution in [0.5, 0.6) is 5.75 Å². The number of nitrogens with zero attached hydrogens (tertiary/aromatic N) is 5. The standard InChI is InChI=1S/C17H18N6O/c1-4-9-24-14-8-6-5-7-12(14)10-13(11-18)15-20-16(19)22-17(21-15)23(2)3/h4-8,10H,1,9H2,2-3H3,(H2,19,20,21,22)/b13-10-. The summed E-state index contributed by atoms with van der Waals surface area (Å²) in [7, 11) is 3.57. The number of hydrogen-bond acceptors (Lipinski definition) is 7. The molecule has 2 rings (SSSR count). The number of ether oxygens (including phenoxy) is 1. The van der Waals surface area contributed by atoms with Crippen LogP contribution in [0.4, 0.5) is 11.9 Å². The topological polar surface area (TPSA) is 101 Å². The third-order valence-electron chi connectivity index (χ3n) is 2.98. The minimum absolute atomic E-state index is 0.0565. The molecule has 0 atom stereocenters. The van der Waals surface area contributed by atoms with Crippen molar-refractivity contribution in [1.82, 2.24) is 15.0 Å². The molecule has 24 heavy (non-hydrogen) atoms. The number of para-hydroxylation sites is 1. The highest BCUT2D eigenvalue weighted by molar-refractivity contribution is 5.88. The first kappa shape index (κ1) is 17.0. The number of allylic oxidation sites excluding steroid dienone is 1. The summed E-state index contributed by atoms with van der Waals surface area (Å²) >= 11 is 0. The number of nitrogen functional groups attached to an aromatic ring is 1. The molecule has 0 saturated carbocycles. The predicted molar refractivity (Wildman–Crippen MR) is 94.2 cm³/mol. The molecule has 0 bridgehead atoms. The van der Waals surface area contributed by atoms with Crippen LogP contribution in [0, 0.1) is 11.3 Å². The third-order valence-corrected chi connectivity index (χ3v) is 2.98. The van der Waals surface area contributed by atoms with Crippen LogP contribution in [-0.2, 0) is 0 Å². The number of nitrogens with two attached hydrogens (primary N) is 1. The van der Waals surface area contributed by atoms with Crippen molar-refractivity contribution < 1.29 is 4.74 Å². The molecule has 0 aliphatic heterocycles. The maximum atomic E-state index is 9.50. The Labute approximate surface area is 140 Å². The molecule has 0 radical (unpaired) electrons. The second-order valence-electron chi connectivity index (χ2n) is 5.02. The van der Waals surface area contributed by atoms with E-state index in [4.69, 9.17) is 10.5 Å². The lowest BCUT2D eigenvalue weighted by molar-refractivity contribution is 0.362. The number of nitriles is 1. The fourth-order valence-corrected chi connectivity index (χ4v) is 1.88. The van der Waals surface area contributed by atoms with Gasteiger partial charge >= 0.3 is 0 Å². The van der Waals surface area contributed by atoms with Gasteiger partial charge in [-0.1, -0.05) is 30.9 Å². The highest BCUT2D eigenvalue weighted by atomic mass is 16.5. The Morgan fingerprint density at radius 3 is 2.75 bits per heavy atom. The minimum Gasteiger partial charge on any atom is -0.489 e. The van der Waals surface area contributed by atoms with Crippen LogP contribution < -0.4 is 15.4 Å².